The van der Waals surface area contributed by atoms with Crippen LogP contribution in [0.15, 0.2) is 34.9 Å². The van der Waals surface area contributed by atoms with Gasteiger partial charge in [0, 0.05) is 6.08 Å². The first-order chi connectivity index (χ1) is 11.7. The molecule has 1 aliphatic rings. The van der Waals surface area contributed by atoms with Gasteiger partial charge in [-0.1, -0.05) is 26.0 Å². The highest BCUT2D eigenvalue weighted by molar-refractivity contribution is 6.70. The third kappa shape index (κ3) is 6.99. The number of nitrogens with zero attached hydrogens (tertiary/aromatic N) is 1. The molecule has 0 saturated carbocycles. The van der Waals surface area contributed by atoms with Gasteiger partial charge in [0.2, 0.25) is 0 Å². The lowest BCUT2D eigenvalue weighted by Crippen LogP contribution is -2.50. The molecule has 2 atom stereocenters. The smallest absolute Gasteiger partial charge is 0.184 e. The van der Waals surface area contributed by atoms with Gasteiger partial charge >= 0.3 is 0 Å². The van der Waals surface area contributed by atoms with Crippen LogP contribution in [0.25, 0.3) is 0 Å². The predicted octanol–water partition coefficient (Wildman–Crippen LogP) is 6.20. The van der Waals surface area contributed by atoms with Gasteiger partial charge in [0.05, 0.1) is 18.3 Å². The van der Waals surface area contributed by atoms with Crippen molar-refractivity contribution in [3.8, 4) is 6.07 Å². The number of rotatable bonds is 6. The van der Waals surface area contributed by atoms with E-state index in [9.17, 15) is 0 Å². The maximum Gasteiger partial charge on any atom is 0.184 e. The van der Waals surface area contributed by atoms with Crippen molar-refractivity contribution in [1.29, 1.82) is 5.26 Å². The minimum Gasteiger partial charge on any atom is -0.412 e. The van der Waals surface area contributed by atoms with E-state index in [1.807, 2.05) is 13.0 Å². The first-order valence-electron chi connectivity index (χ1n) is 9.48. The minimum absolute atomic E-state index is 0.0110. The molecule has 0 N–H and O–H groups in total. The van der Waals surface area contributed by atoms with Crippen LogP contribution < -0.4 is 0 Å². The van der Waals surface area contributed by atoms with Crippen LogP contribution in [0.2, 0.25) is 39.3 Å². The average Bonchev–Trinajstić information content (AvgIpc) is 2.40. The largest absolute Gasteiger partial charge is 0.412 e. The molecule has 0 spiro atoms. The van der Waals surface area contributed by atoms with Crippen molar-refractivity contribution >= 4 is 16.6 Å². The molecule has 0 radical (unpaired) electrons. The molecule has 1 aliphatic carbocycles. The SMILES string of the molecule is CC1=C(/C=C/C(C)=C/C#N)C(C)(C)C[C@H](O[Si](C)(C)C)[C@H]1O[Si](C)(C)C. The van der Waals surface area contributed by atoms with Gasteiger partial charge in [-0.2, -0.15) is 5.26 Å². The third-order valence-corrected chi connectivity index (χ3v) is 6.39. The monoisotopic (exact) mass is 391 g/mol. The molecule has 3 nitrogen and oxygen atoms in total. The fourth-order valence-electron chi connectivity index (χ4n) is 3.51. The summed E-state index contributed by atoms with van der Waals surface area (Å²) in [6.45, 7) is 22.2. The standard InChI is InChI=1S/C21H37NO2Si2/c1-16(13-14-22)11-12-18-17(2)20(24-26(8,9)10)19(15-21(18,3)4)23-25(5,6)7/h11-13,19-20H,15H2,1-10H3/b12-11+,16-13+/t19-,20-/m0/s1. The molecule has 0 amide bonds. The number of hydrogen-bond acceptors (Lipinski definition) is 3. The number of allylic oxidation sites excluding steroid dienone is 5. The van der Waals surface area contributed by atoms with Crippen LogP contribution in [-0.2, 0) is 8.85 Å². The Bertz CT molecular complexity index is 640. The fourth-order valence-corrected chi connectivity index (χ4v) is 5.72. The molecule has 5 heteroatoms. The van der Waals surface area contributed by atoms with Crippen LogP contribution >= 0.6 is 0 Å². The lowest BCUT2D eigenvalue weighted by atomic mass is 9.70. The maximum absolute atomic E-state index is 8.84. The zero-order valence-electron chi connectivity index (χ0n) is 18.4. The van der Waals surface area contributed by atoms with E-state index >= 15 is 0 Å². The Balaban J connectivity index is 3.37. The molecule has 0 aromatic rings. The Morgan fingerprint density at radius 1 is 1.12 bits per heavy atom. The van der Waals surface area contributed by atoms with Gasteiger partial charge in [-0.25, -0.2) is 0 Å². The van der Waals surface area contributed by atoms with Crippen molar-refractivity contribution in [2.45, 2.75) is 85.6 Å². The predicted molar refractivity (Wildman–Crippen MR) is 116 cm³/mol. The molecule has 0 aromatic heterocycles. The summed E-state index contributed by atoms with van der Waals surface area (Å²) in [5.74, 6) is 0. The van der Waals surface area contributed by atoms with Crippen LogP contribution in [0.4, 0.5) is 0 Å². The summed E-state index contributed by atoms with van der Waals surface area (Å²) in [5, 5.41) is 8.84. The first kappa shape index (κ1) is 23.1. The zero-order chi connectivity index (χ0) is 20.3. The molecule has 146 valence electrons. The van der Waals surface area contributed by atoms with Gasteiger partial charge in [-0.3, -0.25) is 0 Å². The lowest BCUT2D eigenvalue weighted by Gasteiger charge is -2.46. The van der Waals surface area contributed by atoms with Crippen molar-refractivity contribution in [1.82, 2.24) is 0 Å². The normalized spacial score (nSPS) is 24.9. The zero-order valence-corrected chi connectivity index (χ0v) is 20.4. The average molecular weight is 392 g/mol. The summed E-state index contributed by atoms with van der Waals surface area (Å²) in [6.07, 6.45) is 6.86. The van der Waals surface area contributed by atoms with E-state index in [1.165, 1.54) is 11.1 Å². The van der Waals surface area contributed by atoms with E-state index in [0.717, 1.165) is 12.0 Å². The van der Waals surface area contributed by atoms with Crippen LogP contribution in [0.3, 0.4) is 0 Å². The van der Waals surface area contributed by atoms with Crippen molar-refractivity contribution in [3.63, 3.8) is 0 Å². The molecule has 0 aliphatic heterocycles. The van der Waals surface area contributed by atoms with E-state index in [-0.39, 0.29) is 17.6 Å². The van der Waals surface area contributed by atoms with Crippen molar-refractivity contribution in [2.75, 3.05) is 0 Å². The highest BCUT2D eigenvalue weighted by Gasteiger charge is 2.42. The Morgan fingerprint density at radius 3 is 2.12 bits per heavy atom. The van der Waals surface area contributed by atoms with Crippen LogP contribution in [0, 0.1) is 16.7 Å². The van der Waals surface area contributed by atoms with Crippen molar-refractivity contribution in [3.05, 3.63) is 34.9 Å². The molecule has 0 aromatic carbocycles. The van der Waals surface area contributed by atoms with Gasteiger partial charge in [0.25, 0.3) is 0 Å². The lowest BCUT2D eigenvalue weighted by molar-refractivity contribution is 0.0284. The summed E-state index contributed by atoms with van der Waals surface area (Å²) in [5.41, 5.74) is 3.55. The molecule has 0 heterocycles. The van der Waals surface area contributed by atoms with Gasteiger partial charge in [0.1, 0.15) is 0 Å². The van der Waals surface area contributed by atoms with Gasteiger partial charge < -0.3 is 8.85 Å². The highest BCUT2D eigenvalue weighted by atomic mass is 28.4. The Hall–Kier alpha value is -0.936. The van der Waals surface area contributed by atoms with E-state index in [2.05, 4.69) is 72.2 Å². The maximum atomic E-state index is 8.84. The minimum atomic E-state index is -1.71. The van der Waals surface area contributed by atoms with E-state index in [4.69, 9.17) is 14.1 Å². The topological polar surface area (TPSA) is 42.2 Å². The summed E-state index contributed by atoms with van der Waals surface area (Å²) in [4.78, 5) is 0. The molecule has 0 bridgehead atoms. The summed E-state index contributed by atoms with van der Waals surface area (Å²) >= 11 is 0. The molecule has 0 saturated heterocycles. The Labute approximate surface area is 163 Å². The summed E-state index contributed by atoms with van der Waals surface area (Å²) in [6, 6.07) is 2.10. The second-order valence-electron chi connectivity index (χ2n) is 9.95. The third-order valence-electron chi connectivity index (χ3n) is 4.42. The molecular formula is C21H37NO2Si2. The van der Waals surface area contributed by atoms with Crippen LogP contribution in [0.5, 0.6) is 0 Å². The van der Waals surface area contributed by atoms with Crippen LogP contribution in [0.1, 0.15) is 34.1 Å². The Morgan fingerprint density at radius 2 is 1.65 bits per heavy atom. The summed E-state index contributed by atoms with van der Waals surface area (Å²) < 4.78 is 13.2. The molecular weight excluding hydrogens is 354 g/mol. The second-order valence-corrected chi connectivity index (χ2v) is 18.9. The van der Waals surface area contributed by atoms with Crippen molar-refractivity contribution < 1.29 is 8.85 Å². The number of hydrogen-bond donors (Lipinski definition) is 0. The van der Waals surface area contributed by atoms with E-state index < -0.39 is 16.6 Å². The van der Waals surface area contributed by atoms with Crippen LogP contribution in [-0.4, -0.2) is 28.8 Å². The summed E-state index contributed by atoms with van der Waals surface area (Å²) in [7, 11) is -3.39. The first-order valence-corrected chi connectivity index (χ1v) is 16.3. The molecule has 26 heavy (non-hydrogen) atoms. The van der Waals surface area contributed by atoms with Gasteiger partial charge in [-0.05, 0) is 81.7 Å². The van der Waals surface area contributed by atoms with Crippen molar-refractivity contribution in [2.24, 2.45) is 5.41 Å². The number of nitriles is 1. The van der Waals surface area contributed by atoms with Gasteiger partial charge in [0.15, 0.2) is 16.6 Å². The quantitative estimate of drug-likeness (QED) is 0.307. The fraction of sp³-hybridized carbons (Fsp3) is 0.667. The molecule has 1 rings (SSSR count). The molecule has 0 fully saturated rings. The molecule has 0 unspecified atom stereocenters. The van der Waals surface area contributed by atoms with E-state index in [1.54, 1.807) is 6.08 Å². The van der Waals surface area contributed by atoms with Gasteiger partial charge in [-0.15, -0.1) is 0 Å². The second kappa shape index (κ2) is 8.39. The van der Waals surface area contributed by atoms with E-state index in [0.29, 0.717) is 0 Å². The highest BCUT2D eigenvalue weighted by Crippen LogP contribution is 2.44. The Kier molecular flexibility index (Phi) is 7.45.